The number of aromatic nitrogens is 3. The molecule has 2 heterocycles. The first-order valence-corrected chi connectivity index (χ1v) is 10.2. The summed E-state index contributed by atoms with van der Waals surface area (Å²) in [6.07, 6.45) is 3.01. The van der Waals surface area contributed by atoms with Crippen molar-refractivity contribution in [3.05, 3.63) is 94.2 Å². The minimum absolute atomic E-state index is 0.0592. The lowest BCUT2D eigenvalue weighted by Crippen LogP contribution is -2.31. The number of halogens is 1. The Bertz CT molecular complexity index is 1070. The van der Waals surface area contributed by atoms with Gasteiger partial charge < -0.3 is 5.32 Å². The molecule has 0 spiro atoms. The van der Waals surface area contributed by atoms with Gasteiger partial charge in [0.1, 0.15) is 12.7 Å². The van der Waals surface area contributed by atoms with Gasteiger partial charge in [-0.05, 0) is 35.2 Å². The summed E-state index contributed by atoms with van der Waals surface area (Å²) in [5, 5.41) is 13.0. The normalized spacial score (nSPS) is 11.9. The van der Waals surface area contributed by atoms with Crippen molar-refractivity contribution in [3.63, 3.8) is 0 Å². The van der Waals surface area contributed by atoms with E-state index in [0.717, 1.165) is 10.4 Å². The van der Waals surface area contributed by atoms with E-state index in [1.807, 2.05) is 29.6 Å². The van der Waals surface area contributed by atoms with Gasteiger partial charge in [0.25, 0.3) is 0 Å². The van der Waals surface area contributed by atoms with E-state index in [9.17, 15) is 4.79 Å². The van der Waals surface area contributed by atoms with Crippen LogP contribution in [0.3, 0.4) is 0 Å². The maximum absolute atomic E-state index is 12.7. The second kappa shape index (κ2) is 9.00. The Hall–Kier alpha value is -3.00. The summed E-state index contributed by atoms with van der Waals surface area (Å²) in [5.74, 6) is -0.175. The first kappa shape index (κ1) is 19.3. The Balaban J connectivity index is 1.49. The van der Waals surface area contributed by atoms with Gasteiger partial charge in [-0.15, -0.1) is 11.3 Å². The zero-order valence-corrected chi connectivity index (χ0v) is 16.9. The minimum Gasteiger partial charge on any atom is -0.323 e. The Kier molecular flexibility index (Phi) is 6.00. The third kappa shape index (κ3) is 4.71. The Morgan fingerprint density at radius 1 is 1.14 bits per heavy atom. The third-order valence-corrected chi connectivity index (χ3v) is 5.50. The number of benzene rings is 2. The van der Waals surface area contributed by atoms with E-state index in [1.54, 1.807) is 40.5 Å². The fourth-order valence-electron chi connectivity index (χ4n) is 3.01. The number of rotatable bonds is 7. The van der Waals surface area contributed by atoms with Crippen molar-refractivity contribution in [1.29, 1.82) is 0 Å². The molecular formula is C21H18ClN5OS. The van der Waals surface area contributed by atoms with Gasteiger partial charge >= 0.3 is 0 Å². The zero-order chi connectivity index (χ0) is 20.1. The number of amides is 1. The number of carbonyl (C=O) groups is 1. The smallest absolute Gasteiger partial charge is 0.238 e. The van der Waals surface area contributed by atoms with E-state index in [4.69, 9.17) is 11.6 Å². The van der Waals surface area contributed by atoms with E-state index < -0.39 is 0 Å². The number of hydrogen-bond acceptors (Lipinski definition) is 5. The van der Waals surface area contributed by atoms with Crippen LogP contribution in [-0.4, -0.2) is 27.2 Å². The maximum atomic E-state index is 12.7. The molecule has 0 saturated carbocycles. The number of nitrogens with zero attached hydrogens (tertiary/aromatic N) is 3. The van der Waals surface area contributed by atoms with Crippen LogP contribution in [0, 0.1) is 0 Å². The molecule has 8 heteroatoms. The lowest BCUT2D eigenvalue weighted by molar-refractivity contribution is -0.115. The number of carbonyl (C=O) groups excluding carboxylic acids is 1. The number of hydrogen-bond donors (Lipinski definition) is 2. The summed E-state index contributed by atoms with van der Waals surface area (Å²) in [4.78, 5) is 17.8. The van der Waals surface area contributed by atoms with E-state index in [1.165, 1.54) is 6.33 Å². The second-order valence-corrected chi connectivity index (χ2v) is 7.71. The molecule has 0 radical (unpaired) electrons. The highest BCUT2D eigenvalue weighted by Gasteiger charge is 2.17. The van der Waals surface area contributed by atoms with Gasteiger partial charge in [-0.3, -0.25) is 10.1 Å². The first-order valence-electron chi connectivity index (χ1n) is 8.97. The SMILES string of the molecule is O=C(CN[C@H](c1ccccc1)c1cccs1)Nc1cc(Cl)ccc1-n1cncn1. The van der Waals surface area contributed by atoms with E-state index in [0.29, 0.717) is 16.4 Å². The maximum Gasteiger partial charge on any atom is 0.238 e. The average Bonchev–Trinajstić information content (AvgIpc) is 3.44. The van der Waals surface area contributed by atoms with Crippen molar-refractivity contribution in [2.75, 3.05) is 11.9 Å². The monoisotopic (exact) mass is 423 g/mol. The van der Waals surface area contributed by atoms with Gasteiger partial charge in [-0.2, -0.15) is 5.10 Å². The number of nitrogens with one attached hydrogen (secondary N) is 2. The standard InChI is InChI=1S/C21H18ClN5OS/c22-16-8-9-18(27-14-23-13-25-27)17(11-16)26-20(28)12-24-21(19-7-4-10-29-19)15-5-2-1-3-6-15/h1-11,13-14,21,24H,12H2,(H,26,28)/t21-/m1/s1. The molecule has 0 fully saturated rings. The van der Waals surface area contributed by atoms with Gasteiger partial charge in [0.15, 0.2) is 0 Å². The molecule has 4 rings (SSSR count). The number of thiophene rings is 1. The Morgan fingerprint density at radius 2 is 2.00 bits per heavy atom. The molecule has 2 aromatic heterocycles. The summed E-state index contributed by atoms with van der Waals surface area (Å²) < 4.78 is 1.58. The largest absolute Gasteiger partial charge is 0.323 e. The Labute approximate surface area is 177 Å². The predicted molar refractivity (Wildman–Crippen MR) is 116 cm³/mol. The molecule has 1 atom stereocenters. The summed E-state index contributed by atoms with van der Waals surface area (Å²) >= 11 is 7.78. The summed E-state index contributed by atoms with van der Waals surface area (Å²) in [5.41, 5.74) is 2.37. The van der Waals surface area contributed by atoms with Crippen molar-refractivity contribution < 1.29 is 4.79 Å². The first-order chi connectivity index (χ1) is 14.2. The van der Waals surface area contributed by atoms with Crippen molar-refractivity contribution in [2.45, 2.75) is 6.04 Å². The van der Waals surface area contributed by atoms with E-state index in [2.05, 4.69) is 38.9 Å². The lowest BCUT2D eigenvalue weighted by atomic mass is 10.1. The van der Waals surface area contributed by atoms with Gasteiger partial charge in [-0.1, -0.05) is 48.0 Å². The highest BCUT2D eigenvalue weighted by Crippen LogP contribution is 2.26. The molecule has 0 aliphatic rings. The second-order valence-electron chi connectivity index (χ2n) is 6.29. The van der Waals surface area contributed by atoms with Crippen LogP contribution in [0.15, 0.2) is 78.7 Å². The highest BCUT2D eigenvalue weighted by molar-refractivity contribution is 7.10. The minimum atomic E-state index is -0.175. The summed E-state index contributed by atoms with van der Waals surface area (Å²) in [7, 11) is 0. The molecule has 0 saturated heterocycles. The molecule has 0 aliphatic carbocycles. The lowest BCUT2D eigenvalue weighted by Gasteiger charge is -2.18. The summed E-state index contributed by atoms with van der Waals surface area (Å²) in [6, 6.07) is 19.3. The van der Waals surface area contributed by atoms with Gasteiger partial charge in [0, 0.05) is 9.90 Å². The molecule has 2 aromatic carbocycles. The van der Waals surface area contributed by atoms with Crippen molar-refractivity contribution in [2.24, 2.45) is 0 Å². The van der Waals surface area contributed by atoms with Crippen LogP contribution in [0.5, 0.6) is 0 Å². The zero-order valence-electron chi connectivity index (χ0n) is 15.3. The van der Waals surface area contributed by atoms with Gasteiger partial charge in [-0.25, -0.2) is 9.67 Å². The molecule has 146 valence electrons. The van der Waals surface area contributed by atoms with Gasteiger partial charge in [0.2, 0.25) is 5.91 Å². The molecule has 0 unspecified atom stereocenters. The van der Waals surface area contributed by atoms with Crippen LogP contribution in [0.4, 0.5) is 5.69 Å². The van der Waals surface area contributed by atoms with Gasteiger partial charge in [0.05, 0.1) is 24.0 Å². The van der Waals surface area contributed by atoms with E-state index in [-0.39, 0.29) is 18.5 Å². The van der Waals surface area contributed by atoms with Crippen LogP contribution in [-0.2, 0) is 4.79 Å². The molecular weight excluding hydrogens is 406 g/mol. The average molecular weight is 424 g/mol. The van der Waals surface area contributed by atoms with Crippen molar-refractivity contribution >= 4 is 34.5 Å². The van der Waals surface area contributed by atoms with Crippen molar-refractivity contribution in [1.82, 2.24) is 20.1 Å². The highest BCUT2D eigenvalue weighted by atomic mass is 35.5. The van der Waals surface area contributed by atoms with Crippen LogP contribution in [0.2, 0.25) is 5.02 Å². The topological polar surface area (TPSA) is 71.8 Å². The quantitative estimate of drug-likeness (QED) is 0.465. The van der Waals surface area contributed by atoms with Crippen molar-refractivity contribution in [3.8, 4) is 5.69 Å². The fraction of sp³-hybridized carbons (Fsp3) is 0.0952. The van der Waals surface area contributed by atoms with E-state index >= 15 is 0 Å². The van der Waals surface area contributed by atoms with Crippen LogP contribution < -0.4 is 10.6 Å². The molecule has 6 nitrogen and oxygen atoms in total. The molecule has 29 heavy (non-hydrogen) atoms. The molecule has 4 aromatic rings. The molecule has 0 aliphatic heterocycles. The molecule has 0 bridgehead atoms. The molecule has 1 amide bonds. The fourth-order valence-corrected chi connectivity index (χ4v) is 4.01. The predicted octanol–water partition coefficient (Wildman–Crippen LogP) is 4.30. The van der Waals surface area contributed by atoms with Crippen LogP contribution in [0.1, 0.15) is 16.5 Å². The number of anilines is 1. The van der Waals surface area contributed by atoms with Crippen LogP contribution in [0.25, 0.3) is 5.69 Å². The van der Waals surface area contributed by atoms with Crippen LogP contribution >= 0.6 is 22.9 Å². The third-order valence-electron chi connectivity index (χ3n) is 4.33. The molecule has 2 N–H and O–H groups in total. The summed E-state index contributed by atoms with van der Waals surface area (Å²) in [6.45, 7) is 0.140. The Morgan fingerprint density at radius 3 is 2.72 bits per heavy atom.